The lowest BCUT2D eigenvalue weighted by Gasteiger charge is -2.11. The fourth-order valence-electron chi connectivity index (χ4n) is 2.29. The minimum atomic E-state index is -0.554. The molecule has 27 heavy (non-hydrogen) atoms. The second-order valence-corrected chi connectivity index (χ2v) is 6.33. The molecule has 1 heterocycles. The minimum absolute atomic E-state index is 0.0715. The van der Waals surface area contributed by atoms with Crippen LogP contribution in [0.3, 0.4) is 0 Å². The predicted molar refractivity (Wildman–Crippen MR) is 106 cm³/mol. The molecule has 0 aliphatic heterocycles. The average molecular weight is 406 g/mol. The Morgan fingerprint density at radius 2 is 1.67 bits per heavy atom. The molecule has 2 aromatic carbocycles. The van der Waals surface area contributed by atoms with E-state index in [2.05, 4.69) is 25.9 Å². The summed E-state index contributed by atoms with van der Waals surface area (Å²) in [5, 5.41) is 8.63. The van der Waals surface area contributed by atoms with Crippen LogP contribution in [0.5, 0.6) is 0 Å². The third kappa shape index (κ3) is 5.29. The first-order valence-corrected chi connectivity index (χ1v) is 8.56. The number of aromatic nitrogens is 2. The van der Waals surface area contributed by atoms with Gasteiger partial charge in [0, 0.05) is 23.1 Å². The summed E-state index contributed by atoms with van der Waals surface area (Å²) in [4.78, 5) is 20.4. The van der Waals surface area contributed by atoms with E-state index in [0.717, 1.165) is 0 Å². The third-order valence-corrected chi connectivity index (χ3v) is 3.86. The van der Waals surface area contributed by atoms with Gasteiger partial charge in [-0.2, -0.15) is 0 Å². The predicted octanol–water partition coefficient (Wildman–Crippen LogP) is 5.62. The summed E-state index contributed by atoms with van der Waals surface area (Å²) in [5.74, 6) is 0.521. The molecule has 0 aliphatic rings. The number of anilines is 4. The topological polar surface area (TPSA) is 78.9 Å². The molecule has 0 fully saturated rings. The summed E-state index contributed by atoms with van der Waals surface area (Å²) in [6, 6.07) is 12.1. The van der Waals surface area contributed by atoms with Crippen molar-refractivity contribution in [3.05, 3.63) is 70.3 Å². The fourth-order valence-corrected chi connectivity index (χ4v) is 2.69. The number of halogens is 3. The summed E-state index contributed by atoms with van der Waals surface area (Å²) in [6.45, 7) is 1.74. The number of urea groups is 1. The number of benzene rings is 2. The average Bonchev–Trinajstić information content (AvgIpc) is 2.57. The Labute approximate surface area is 164 Å². The van der Waals surface area contributed by atoms with Gasteiger partial charge in [-0.3, -0.25) is 0 Å². The number of hydrogen-bond donors (Lipinski definition) is 3. The highest BCUT2D eigenvalue weighted by Gasteiger charge is 2.07. The Bertz CT molecular complexity index is 979. The molecule has 0 radical (unpaired) electrons. The Kier molecular flexibility index (Phi) is 5.73. The van der Waals surface area contributed by atoms with Crippen LogP contribution in [0.25, 0.3) is 0 Å². The van der Waals surface area contributed by atoms with Gasteiger partial charge >= 0.3 is 6.03 Å². The van der Waals surface area contributed by atoms with Gasteiger partial charge in [-0.15, -0.1) is 0 Å². The van der Waals surface area contributed by atoms with Crippen molar-refractivity contribution in [3.8, 4) is 0 Å². The van der Waals surface area contributed by atoms with Gasteiger partial charge in [-0.05, 0) is 43.3 Å². The first-order valence-electron chi connectivity index (χ1n) is 7.80. The Morgan fingerprint density at radius 1 is 0.963 bits per heavy atom. The van der Waals surface area contributed by atoms with E-state index in [1.165, 1.54) is 18.2 Å². The Hall–Kier alpha value is -2.90. The zero-order valence-electron chi connectivity index (χ0n) is 14.1. The SMILES string of the molecule is Cc1nc(Cl)cc(Nc2cccc(NC(=O)Nc3ccc(F)c(Cl)c3)c2)n1. The zero-order chi connectivity index (χ0) is 19.4. The summed E-state index contributed by atoms with van der Waals surface area (Å²) in [6.07, 6.45) is 0. The molecule has 3 rings (SSSR count). The van der Waals surface area contributed by atoms with Crippen LogP contribution in [0, 0.1) is 12.7 Å². The highest BCUT2D eigenvalue weighted by Crippen LogP contribution is 2.22. The number of amides is 2. The lowest BCUT2D eigenvalue weighted by atomic mass is 10.2. The van der Waals surface area contributed by atoms with Crippen LogP contribution >= 0.6 is 23.2 Å². The second kappa shape index (κ2) is 8.20. The number of hydrogen-bond acceptors (Lipinski definition) is 4. The second-order valence-electron chi connectivity index (χ2n) is 5.54. The number of carbonyl (C=O) groups excluding carboxylic acids is 1. The third-order valence-electron chi connectivity index (χ3n) is 3.38. The van der Waals surface area contributed by atoms with Gasteiger partial charge in [0.15, 0.2) is 0 Å². The first kappa shape index (κ1) is 18.9. The molecule has 0 atom stereocenters. The molecule has 1 aromatic heterocycles. The van der Waals surface area contributed by atoms with Crippen molar-refractivity contribution in [3.63, 3.8) is 0 Å². The zero-order valence-corrected chi connectivity index (χ0v) is 15.6. The first-order chi connectivity index (χ1) is 12.9. The fraction of sp³-hybridized carbons (Fsp3) is 0.0556. The van der Waals surface area contributed by atoms with E-state index >= 15 is 0 Å². The van der Waals surface area contributed by atoms with Crippen LogP contribution in [-0.4, -0.2) is 16.0 Å². The lowest BCUT2D eigenvalue weighted by Crippen LogP contribution is -2.19. The number of carbonyl (C=O) groups is 1. The van der Waals surface area contributed by atoms with Gasteiger partial charge in [-0.1, -0.05) is 29.3 Å². The van der Waals surface area contributed by atoms with E-state index in [9.17, 15) is 9.18 Å². The molecule has 6 nitrogen and oxygen atoms in total. The maximum atomic E-state index is 13.2. The van der Waals surface area contributed by atoms with E-state index in [1.54, 1.807) is 31.2 Å². The molecule has 0 aliphatic carbocycles. The molecule has 3 N–H and O–H groups in total. The van der Waals surface area contributed by atoms with Crippen LogP contribution in [-0.2, 0) is 0 Å². The monoisotopic (exact) mass is 405 g/mol. The van der Waals surface area contributed by atoms with Crippen molar-refractivity contribution < 1.29 is 9.18 Å². The van der Waals surface area contributed by atoms with Crippen molar-refractivity contribution >= 4 is 52.1 Å². The van der Waals surface area contributed by atoms with Crippen LogP contribution in [0.1, 0.15) is 5.82 Å². The molecule has 0 saturated carbocycles. The highest BCUT2D eigenvalue weighted by molar-refractivity contribution is 6.31. The maximum Gasteiger partial charge on any atom is 0.323 e. The highest BCUT2D eigenvalue weighted by atomic mass is 35.5. The van der Waals surface area contributed by atoms with Crippen molar-refractivity contribution in [2.45, 2.75) is 6.92 Å². The van der Waals surface area contributed by atoms with Gasteiger partial charge in [0.25, 0.3) is 0 Å². The van der Waals surface area contributed by atoms with Gasteiger partial charge < -0.3 is 16.0 Å². The van der Waals surface area contributed by atoms with E-state index in [-0.39, 0.29) is 5.02 Å². The Morgan fingerprint density at radius 3 is 2.37 bits per heavy atom. The van der Waals surface area contributed by atoms with Crippen molar-refractivity contribution in [2.75, 3.05) is 16.0 Å². The number of aryl methyl sites for hydroxylation is 1. The van der Waals surface area contributed by atoms with E-state index in [4.69, 9.17) is 23.2 Å². The van der Waals surface area contributed by atoms with E-state index < -0.39 is 11.8 Å². The standard InChI is InChI=1S/C18H14Cl2FN5O/c1-10-22-16(20)9-17(23-10)24-11-3-2-4-12(7-11)25-18(27)26-13-5-6-15(21)14(19)8-13/h2-9H,1H3,(H,22,23,24)(H2,25,26,27). The minimum Gasteiger partial charge on any atom is -0.340 e. The molecule has 138 valence electrons. The summed E-state index contributed by atoms with van der Waals surface area (Å²) in [5.41, 5.74) is 1.62. The van der Waals surface area contributed by atoms with Crippen molar-refractivity contribution in [1.82, 2.24) is 9.97 Å². The molecule has 9 heteroatoms. The number of nitrogens with one attached hydrogen (secondary N) is 3. The number of nitrogens with zero attached hydrogens (tertiary/aromatic N) is 2. The Balaban J connectivity index is 1.67. The smallest absolute Gasteiger partial charge is 0.323 e. The summed E-state index contributed by atoms with van der Waals surface area (Å²) < 4.78 is 13.2. The van der Waals surface area contributed by atoms with Crippen LogP contribution in [0.2, 0.25) is 10.2 Å². The quantitative estimate of drug-likeness (QED) is 0.492. The van der Waals surface area contributed by atoms with Crippen molar-refractivity contribution in [2.24, 2.45) is 0 Å². The summed E-state index contributed by atoms with van der Waals surface area (Å²) in [7, 11) is 0. The van der Waals surface area contributed by atoms with Gasteiger partial charge in [0.1, 0.15) is 22.6 Å². The molecule has 2 amide bonds. The van der Waals surface area contributed by atoms with Crippen LogP contribution in [0.4, 0.5) is 32.1 Å². The van der Waals surface area contributed by atoms with Gasteiger partial charge in [-0.25, -0.2) is 19.2 Å². The molecule has 0 unspecified atom stereocenters. The van der Waals surface area contributed by atoms with E-state index in [1.807, 2.05) is 6.07 Å². The molecule has 3 aromatic rings. The molecular weight excluding hydrogens is 392 g/mol. The molecular formula is C18H14Cl2FN5O. The van der Waals surface area contributed by atoms with Gasteiger partial charge in [0.05, 0.1) is 5.02 Å². The molecule has 0 bridgehead atoms. The van der Waals surface area contributed by atoms with Crippen LogP contribution < -0.4 is 16.0 Å². The molecule has 0 saturated heterocycles. The maximum absolute atomic E-state index is 13.2. The largest absolute Gasteiger partial charge is 0.340 e. The summed E-state index contributed by atoms with van der Waals surface area (Å²) >= 11 is 11.6. The lowest BCUT2D eigenvalue weighted by molar-refractivity contribution is 0.262. The number of rotatable bonds is 4. The van der Waals surface area contributed by atoms with Gasteiger partial charge in [0.2, 0.25) is 0 Å². The normalized spacial score (nSPS) is 10.4. The van der Waals surface area contributed by atoms with Crippen LogP contribution in [0.15, 0.2) is 48.5 Å². The van der Waals surface area contributed by atoms with E-state index in [0.29, 0.717) is 33.9 Å². The van der Waals surface area contributed by atoms with Crippen molar-refractivity contribution in [1.29, 1.82) is 0 Å². The molecule has 0 spiro atoms.